The number of nitrogens with one attached hydrogen (secondary N) is 1. The molecule has 0 radical (unpaired) electrons. The van der Waals surface area contributed by atoms with Crippen LogP contribution in [0.3, 0.4) is 0 Å². The summed E-state index contributed by atoms with van der Waals surface area (Å²) in [5, 5.41) is 0. The van der Waals surface area contributed by atoms with Gasteiger partial charge in [0.2, 0.25) is 0 Å². The van der Waals surface area contributed by atoms with E-state index in [2.05, 4.69) is 19.9 Å². The number of aryl methyl sites for hydroxylation is 2. The van der Waals surface area contributed by atoms with Crippen LogP contribution in [-0.4, -0.2) is 44.4 Å². The Kier molecular flexibility index (Phi) is 6.01. The van der Waals surface area contributed by atoms with Crippen LogP contribution in [-0.2, 0) is 6.54 Å². The molecule has 0 spiro atoms. The molecule has 9 heteroatoms. The first kappa shape index (κ1) is 19.6. The van der Waals surface area contributed by atoms with Gasteiger partial charge in [-0.3, -0.25) is 9.78 Å². The molecule has 2 heterocycles. The van der Waals surface area contributed by atoms with Crippen molar-refractivity contribution >= 4 is 39.9 Å². The van der Waals surface area contributed by atoms with E-state index < -0.39 is 11.2 Å². The standard InChI is InChI=1S/C18H21Cl2N5O2/c1-3-6-25-14-9-11(2)13(24(7-4-19)8-5-20)10-12(14)21-15-16(25)22-18(27)23-17(15)26/h9-10H,3-8H2,1-2H3,(H,23,26,27). The monoisotopic (exact) mass is 409 g/mol. The molecule has 0 aromatic heterocycles. The number of fused-ring (bicyclic) bond motifs is 2. The molecule has 0 amide bonds. The number of alkyl halides is 2. The summed E-state index contributed by atoms with van der Waals surface area (Å²) in [7, 11) is 0. The first-order valence-corrected chi connectivity index (χ1v) is 9.89. The highest BCUT2D eigenvalue weighted by Crippen LogP contribution is 2.29. The third kappa shape index (κ3) is 3.80. The summed E-state index contributed by atoms with van der Waals surface area (Å²) < 4.78 is 1.89. The summed E-state index contributed by atoms with van der Waals surface area (Å²) >= 11 is 11.9. The average molecular weight is 410 g/mol. The summed E-state index contributed by atoms with van der Waals surface area (Å²) in [6, 6.07) is 3.95. The van der Waals surface area contributed by atoms with E-state index in [-0.39, 0.29) is 5.69 Å². The number of hydrogen-bond donors (Lipinski definition) is 1. The van der Waals surface area contributed by atoms with E-state index in [1.54, 1.807) is 0 Å². The zero-order valence-corrected chi connectivity index (χ0v) is 16.8. The first-order valence-electron chi connectivity index (χ1n) is 8.82. The quantitative estimate of drug-likeness (QED) is 0.478. The highest BCUT2D eigenvalue weighted by molar-refractivity contribution is 6.18. The third-order valence-corrected chi connectivity index (χ3v) is 4.76. The minimum absolute atomic E-state index is 0.159. The molecule has 0 saturated heterocycles. The fourth-order valence-corrected chi connectivity index (χ4v) is 3.69. The average Bonchev–Trinajstić information content (AvgIpc) is 2.62. The lowest BCUT2D eigenvalue weighted by Crippen LogP contribution is -2.30. The largest absolute Gasteiger partial charge is 0.369 e. The molecule has 0 fully saturated rings. The van der Waals surface area contributed by atoms with Gasteiger partial charge in [-0.2, -0.15) is 4.98 Å². The van der Waals surface area contributed by atoms with Gasteiger partial charge in [0.15, 0.2) is 11.5 Å². The summed E-state index contributed by atoms with van der Waals surface area (Å²) in [6.45, 7) is 5.97. The number of nitrogens with zero attached hydrogens (tertiary/aromatic N) is 4. The van der Waals surface area contributed by atoms with Crippen molar-refractivity contribution in [2.75, 3.05) is 29.7 Å². The van der Waals surface area contributed by atoms with Gasteiger partial charge in [-0.25, -0.2) is 9.78 Å². The van der Waals surface area contributed by atoms with Crippen molar-refractivity contribution in [2.24, 2.45) is 0 Å². The van der Waals surface area contributed by atoms with E-state index in [1.165, 1.54) is 0 Å². The van der Waals surface area contributed by atoms with E-state index in [0.29, 0.717) is 42.7 Å². The maximum Gasteiger partial charge on any atom is 0.349 e. The molecule has 0 bridgehead atoms. The lowest BCUT2D eigenvalue weighted by molar-refractivity contribution is 0.684. The summed E-state index contributed by atoms with van der Waals surface area (Å²) in [6.07, 6.45) is 0.826. The molecular formula is C18H21Cl2N5O2. The van der Waals surface area contributed by atoms with Gasteiger partial charge in [-0.15, -0.1) is 23.2 Å². The van der Waals surface area contributed by atoms with Crippen LogP contribution in [0.15, 0.2) is 21.7 Å². The zero-order chi connectivity index (χ0) is 19.6. The summed E-state index contributed by atoms with van der Waals surface area (Å²) in [5.74, 6) is 1.26. The predicted octanol–water partition coefficient (Wildman–Crippen LogP) is 2.59. The summed E-state index contributed by atoms with van der Waals surface area (Å²) in [4.78, 5) is 36.8. The number of H-pyrrole nitrogens is 1. The van der Waals surface area contributed by atoms with Crippen LogP contribution in [0.4, 0.5) is 5.69 Å². The van der Waals surface area contributed by atoms with E-state index in [9.17, 15) is 9.59 Å². The van der Waals surface area contributed by atoms with Crippen molar-refractivity contribution in [3.8, 4) is 11.5 Å². The number of aromatic amines is 1. The molecule has 27 heavy (non-hydrogen) atoms. The fourth-order valence-electron chi connectivity index (χ4n) is 3.28. The minimum Gasteiger partial charge on any atom is -0.369 e. The van der Waals surface area contributed by atoms with Gasteiger partial charge in [0.05, 0.1) is 11.0 Å². The van der Waals surface area contributed by atoms with Gasteiger partial charge in [-0.1, -0.05) is 6.92 Å². The molecular weight excluding hydrogens is 389 g/mol. The van der Waals surface area contributed by atoms with Crippen LogP contribution in [0.5, 0.6) is 0 Å². The van der Waals surface area contributed by atoms with E-state index in [4.69, 9.17) is 23.2 Å². The molecule has 0 unspecified atom stereocenters. The van der Waals surface area contributed by atoms with Crippen molar-refractivity contribution < 1.29 is 0 Å². The molecule has 1 aromatic carbocycles. The number of hydrogen-bond acceptors (Lipinski definition) is 5. The van der Waals surface area contributed by atoms with Crippen molar-refractivity contribution in [2.45, 2.75) is 26.8 Å². The Hall–Kier alpha value is -2.12. The highest BCUT2D eigenvalue weighted by Gasteiger charge is 2.20. The number of aromatic nitrogens is 4. The third-order valence-electron chi connectivity index (χ3n) is 4.42. The molecule has 7 nitrogen and oxygen atoms in total. The Bertz CT molecular complexity index is 1040. The van der Waals surface area contributed by atoms with Crippen LogP contribution >= 0.6 is 23.2 Å². The van der Waals surface area contributed by atoms with Gasteiger partial charge in [0, 0.05) is 37.1 Å². The normalized spacial score (nSPS) is 11.4. The number of anilines is 1. The molecule has 1 N–H and O–H groups in total. The highest BCUT2D eigenvalue weighted by atomic mass is 35.5. The Morgan fingerprint density at radius 3 is 2.48 bits per heavy atom. The van der Waals surface area contributed by atoms with Gasteiger partial charge >= 0.3 is 5.69 Å². The van der Waals surface area contributed by atoms with E-state index >= 15 is 0 Å². The Balaban J connectivity index is 2.34. The van der Waals surface area contributed by atoms with Crippen LogP contribution in [0.1, 0.15) is 18.9 Å². The van der Waals surface area contributed by atoms with Gasteiger partial charge < -0.3 is 9.47 Å². The van der Waals surface area contributed by atoms with Gasteiger partial charge in [-0.05, 0) is 31.0 Å². The van der Waals surface area contributed by atoms with Crippen LogP contribution in [0.25, 0.3) is 22.6 Å². The Morgan fingerprint density at radius 2 is 1.85 bits per heavy atom. The van der Waals surface area contributed by atoms with E-state index in [1.807, 2.05) is 30.5 Å². The second kappa shape index (κ2) is 8.27. The Morgan fingerprint density at radius 1 is 1.15 bits per heavy atom. The zero-order valence-electron chi connectivity index (χ0n) is 15.3. The SMILES string of the molecule is CCCn1c2nc(=O)[nH]c(=O)c-2nc2cc(N(CCCl)CCCl)c(C)cc21. The molecule has 0 aliphatic carbocycles. The van der Waals surface area contributed by atoms with Crippen molar-refractivity contribution in [1.29, 1.82) is 0 Å². The second-order valence-electron chi connectivity index (χ2n) is 6.30. The van der Waals surface area contributed by atoms with Crippen molar-refractivity contribution in [3.05, 3.63) is 38.5 Å². The first-order chi connectivity index (χ1) is 13.0. The van der Waals surface area contributed by atoms with Crippen molar-refractivity contribution in [3.63, 3.8) is 0 Å². The van der Waals surface area contributed by atoms with Crippen LogP contribution in [0, 0.1) is 6.92 Å². The number of benzene rings is 1. The smallest absolute Gasteiger partial charge is 0.349 e. The number of halogens is 2. The van der Waals surface area contributed by atoms with E-state index in [0.717, 1.165) is 23.2 Å². The number of rotatable bonds is 7. The maximum absolute atomic E-state index is 12.3. The predicted molar refractivity (Wildman–Crippen MR) is 110 cm³/mol. The lowest BCUT2D eigenvalue weighted by atomic mass is 10.1. The van der Waals surface area contributed by atoms with Crippen molar-refractivity contribution in [1.82, 2.24) is 19.5 Å². The summed E-state index contributed by atoms with van der Waals surface area (Å²) in [5.41, 5.74) is 2.47. The van der Waals surface area contributed by atoms with Crippen LogP contribution in [0.2, 0.25) is 0 Å². The Labute approximate surface area is 166 Å². The molecule has 2 aliphatic rings. The molecule has 3 rings (SSSR count). The fraction of sp³-hybridized carbons (Fsp3) is 0.444. The minimum atomic E-state index is -0.665. The van der Waals surface area contributed by atoms with Crippen LogP contribution < -0.4 is 16.1 Å². The molecule has 0 saturated carbocycles. The molecule has 0 atom stereocenters. The van der Waals surface area contributed by atoms with Gasteiger partial charge in [0.1, 0.15) is 0 Å². The second-order valence-corrected chi connectivity index (χ2v) is 7.06. The molecule has 1 aromatic rings. The lowest BCUT2D eigenvalue weighted by Gasteiger charge is -2.26. The molecule has 144 valence electrons. The molecule has 2 aliphatic heterocycles. The van der Waals surface area contributed by atoms with Gasteiger partial charge in [0.25, 0.3) is 5.56 Å². The maximum atomic E-state index is 12.3. The topological polar surface area (TPSA) is 83.9 Å².